The van der Waals surface area contributed by atoms with Crippen molar-refractivity contribution in [3.63, 3.8) is 0 Å². The number of hydrogen-bond acceptors (Lipinski definition) is 3. The van der Waals surface area contributed by atoms with Crippen LogP contribution < -0.4 is 10.5 Å². The van der Waals surface area contributed by atoms with Gasteiger partial charge in [0.2, 0.25) is 0 Å². The summed E-state index contributed by atoms with van der Waals surface area (Å²) in [6, 6.07) is 0. The molecular weight excluding hydrogens is 130 g/mol. The van der Waals surface area contributed by atoms with Gasteiger partial charge in [0.05, 0.1) is 6.20 Å². The topological polar surface area (TPSA) is 49.0 Å². The molecule has 0 unspecified atom stereocenters. The molecule has 1 aromatic rings. The van der Waals surface area contributed by atoms with Crippen molar-refractivity contribution in [3.05, 3.63) is 22.7 Å². The summed E-state index contributed by atoms with van der Waals surface area (Å²) in [6.07, 6.45) is 2.83. The standard InChI is InChI=1S/C6H9N3O/c1-9(2)5-3-8-6(10)4-7-5/h3-4H,1-2H3,(H,8,10). The lowest BCUT2D eigenvalue weighted by molar-refractivity contribution is 1.02. The molecule has 4 nitrogen and oxygen atoms in total. The molecule has 0 atom stereocenters. The lowest BCUT2D eigenvalue weighted by atomic mass is 10.6. The molecular formula is C6H9N3O. The third-order valence-corrected chi connectivity index (χ3v) is 1.12. The summed E-state index contributed by atoms with van der Waals surface area (Å²) in [5, 5.41) is 0. The van der Waals surface area contributed by atoms with Crippen molar-refractivity contribution >= 4 is 5.82 Å². The zero-order valence-corrected chi connectivity index (χ0v) is 5.96. The molecule has 1 N–H and O–H groups in total. The Labute approximate surface area is 58.5 Å². The number of H-pyrrole nitrogens is 1. The maximum atomic E-state index is 10.5. The highest BCUT2D eigenvalue weighted by Crippen LogP contribution is 1.97. The van der Waals surface area contributed by atoms with E-state index in [1.165, 1.54) is 6.20 Å². The van der Waals surface area contributed by atoms with Crippen LogP contribution in [0.2, 0.25) is 0 Å². The van der Waals surface area contributed by atoms with Crippen LogP contribution in [-0.4, -0.2) is 24.1 Å². The van der Waals surface area contributed by atoms with Crippen LogP contribution >= 0.6 is 0 Å². The number of aromatic amines is 1. The van der Waals surface area contributed by atoms with Gasteiger partial charge in [0, 0.05) is 20.3 Å². The number of anilines is 1. The van der Waals surface area contributed by atoms with Crippen molar-refractivity contribution in [1.29, 1.82) is 0 Å². The van der Waals surface area contributed by atoms with E-state index >= 15 is 0 Å². The zero-order chi connectivity index (χ0) is 7.56. The minimum absolute atomic E-state index is 0.175. The molecule has 0 aliphatic rings. The number of nitrogens with zero attached hydrogens (tertiary/aromatic N) is 2. The van der Waals surface area contributed by atoms with Crippen LogP contribution in [0.4, 0.5) is 5.82 Å². The fourth-order valence-electron chi connectivity index (χ4n) is 0.580. The second-order valence-electron chi connectivity index (χ2n) is 2.16. The van der Waals surface area contributed by atoms with E-state index in [1.807, 2.05) is 19.0 Å². The Morgan fingerprint density at radius 1 is 1.60 bits per heavy atom. The zero-order valence-electron chi connectivity index (χ0n) is 5.96. The van der Waals surface area contributed by atoms with E-state index in [4.69, 9.17) is 0 Å². The Balaban J connectivity index is 3.00. The summed E-state index contributed by atoms with van der Waals surface area (Å²) < 4.78 is 0. The molecule has 0 spiro atoms. The van der Waals surface area contributed by atoms with Gasteiger partial charge < -0.3 is 9.88 Å². The van der Waals surface area contributed by atoms with Gasteiger partial charge in [0.15, 0.2) is 0 Å². The molecule has 0 aliphatic carbocycles. The highest BCUT2D eigenvalue weighted by Gasteiger charge is 1.92. The normalized spacial score (nSPS) is 9.40. The number of rotatable bonds is 1. The van der Waals surface area contributed by atoms with Crippen molar-refractivity contribution in [2.75, 3.05) is 19.0 Å². The van der Waals surface area contributed by atoms with Gasteiger partial charge in [0.25, 0.3) is 5.56 Å². The van der Waals surface area contributed by atoms with E-state index in [1.54, 1.807) is 6.20 Å². The first-order chi connectivity index (χ1) is 4.70. The second kappa shape index (κ2) is 2.51. The van der Waals surface area contributed by atoms with E-state index < -0.39 is 0 Å². The molecule has 1 rings (SSSR count). The highest BCUT2D eigenvalue weighted by molar-refractivity contribution is 5.31. The van der Waals surface area contributed by atoms with E-state index in [9.17, 15) is 4.79 Å². The van der Waals surface area contributed by atoms with Crippen molar-refractivity contribution in [2.24, 2.45) is 0 Å². The summed E-state index contributed by atoms with van der Waals surface area (Å²) in [5.74, 6) is 0.750. The molecule has 0 saturated heterocycles. The van der Waals surface area contributed by atoms with Gasteiger partial charge in [-0.2, -0.15) is 0 Å². The van der Waals surface area contributed by atoms with Crippen molar-refractivity contribution in [1.82, 2.24) is 9.97 Å². The predicted octanol–water partition coefficient (Wildman–Crippen LogP) is -0.164. The Hall–Kier alpha value is -1.32. The molecule has 54 valence electrons. The van der Waals surface area contributed by atoms with Gasteiger partial charge >= 0.3 is 0 Å². The van der Waals surface area contributed by atoms with E-state index in [0.29, 0.717) is 0 Å². The second-order valence-corrected chi connectivity index (χ2v) is 2.16. The Bertz CT molecular complexity index is 245. The lowest BCUT2D eigenvalue weighted by Gasteiger charge is -2.08. The van der Waals surface area contributed by atoms with Crippen molar-refractivity contribution in [3.8, 4) is 0 Å². The fraction of sp³-hybridized carbons (Fsp3) is 0.333. The smallest absolute Gasteiger partial charge is 0.266 e. The fourth-order valence-corrected chi connectivity index (χ4v) is 0.580. The molecule has 0 radical (unpaired) electrons. The summed E-state index contributed by atoms with van der Waals surface area (Å²) in [5.41, 5.74) is -0.175. The van der Waals surface area contributed by atoms with Gasteiger partial charge in [-0.1, -0.05) is 0 Å². The van der Waals surface area contributed by atoms with E-state index in [2.05, 4.69) is 9.97 Å². The largest absolute Gasteiger partial charge is 0.362 e. The van der Waals surface area contributed by atoms with Gasteiger partial charge in [-0.05, 0) is 0 Å². The molecule has 4 heteroatoms. The Morgan fingerprint density at radius 3 is 2.70 bits per heavy atom. The third-order valence-electron chi connectivity index (χ3n) is 1.12. The molecule has 0 amide bonds. The minimum Gasteiger partial charge on any atom is -0.362 e. The molecule has 1 aromatic heterocycles. The summed E-state index contributed by atoms with van der Waals surface area (Å²) in [4.78, 5) is 18.7. The first-order valence-electron chi connectivity index (χ1n) is 2.92. The molecule has 1 heterocycles. The average molecular weight is 139 g/mol. The van der Waals surface area contributed by atoms with Crippen LogP contribution in [0.1, 0.15) is 0 Å². The maximum absolute atomic E-state index is 10.5. The first kappa shape index (κ1) is 6.80. The van der Waals surface area contributed by atoms with Crippen molar-refractivity contribution in [2.45, 2.75) is 0 Å². The van der Waals surface area contributed by atoms with Crippen LogP contribution in [-0.2, 0) is 0 Å². The quantitative estimate of drug-likeness (QED) is 0.588. The molecule has 0 bridgehead atoms. The van der Waals surface area contributed by atoms with E-state index in [-0.39, 0.29) is 5.56 Å². The van der Waals surface area contributed by atoms with Crippen LogP contribution in [0.3, 0.4) is 0 Å². The molecule has 0 fully saturated rings. The van der Waals surface area contributed by atoms with Gasteiger partial charge in [-0.3, -0.25) is 4.79 Å². The summed E-state index contributed by atoms with van der Waals surface area (Å²) >= 11 is 0. The van der Waals surface area contributed by atoms with E-state index in [0.717, 1.165) is 5.82 Å². The highest BCUT2D eigenvalue weighted by atomic mass is 16.1. The van der Waals surface area contributed by atoms with Crippen LogP contribution in [0.25, 0.3) is 0 Å². The average Bonchev–Trinajstić information content (AvgIpc) is 1.88. The van der Waals surface area contributed by atoms with Gasteiger partial charge in [0.1, 0.15) is 5.82 Å². The number of nitrogens with one attached hydrogen (secondary N) is 1. The van der Waals surface area contributed by atoms with Crippen LogP contribution in [0, 0.1) is 0 Å². The molecule has 0 saturated carbocycles. The molecule has 0 aromatic carbocycles. The van der Waals surface area contributed by atoms with Gasteiger partial charge in [-0.15, -0.1) is 0 Å². The number of hydrogen-bond donors (Lipinski definition) is 1. The molecule has 0 aliphatic heterocycles. The predicted molar refractivity (Wildman–Crippen MR) is 39.2 cm³/mol. The summed E-state index contributed by atoms with van der Waals surface area (Å²) in [6.45, 7) is 0. The SMILES string of the molecule is CN(C)c1c[nH]c(=O)cn1. The maximum Gasteiger partial charge on any atom is 0.266 e. The monoisotopic (exact) mass is 139 g/mol. The number of aromatic nitrogens is 2. The molecule has 10 heavy (non-hydrogen) atoms. The summed E-state index contributed by atoms with van der Waals surface area (Å²) in [7, 11) is 3.72. The van der Waals surface area contributed by atoms with Gasteiger partial charge in [-0.25, -0.2) is 4.98 Å². The van der Waals surface area contributed by atoms with Crippen molar-refractivity contribution < 1.29 is 0 Å². The minimum atomic E-state index is -0.175. The lowest BCUT2D eigenvalue weighted by Crippen LogP contribution is -2.14. The Morgan fingerprint density at radius 2 is 2.30 bits per heavy atom. The third kappa shape index (κ3) is 1.34. The first-order valence-corrected chi connectivity index (χ1v) is 2.92. The Kier molecular flexibility index (Phi) is 1.71. The van der Waals surface area contributed by atoms with Crippen LogP contribution in [0.15, 0.2) is 17.2 Å². The van der Waals surface area contributed by atoms with Crippen LogP contribution in [0.5, 0.6) is 0 Å².